The Kier molecular flexibility index (Phi) is 3.42. The smallest absolute Gasteiger partial charge is 0.0708 e. The second-order valence-corrected chi connectivity index (χ2v) is 4.41. The molecule has 2 rings (SSSR count). The van der Waals surface area contributed by atoms with Crippen LogP contribution in [-0.4, -0.2) is 11.5 Å². The molecule has 0 aliphatic carbocycles. The summed E-state index contributed by atoms with van der Waals surface area (Å²) >= 11 is 6.01. The van der Waals surface area contributed by atoms with E-state index >= 15 is 0 Å². The molecule has 0 saturated heterocycles. The van der Waals surface area contributed by atoms with Crippen molar-refractivity contribution in [3.8, 4) is 0 Å². The minimum absolute atomic E-state index is 0.712. The number of fused-ring (bicyclic) bond motifs is 1. The molecule has 1 heterocycles. The summed E-state index contributed by atoms with van der Waals surface area (Å²) < 4.78 is 0. The van der Waals surface area contributed by atoms with Crippen molar-refractivity contribution in [1.29, 1.82) is 0 Å². The Labute approximate surface area is 100 Å². The van der Waals surface area contributed by atoms with Crippen molar-refractivity contribution in [1.82, 2.24) is 4.98 Å². The molecule has 0 aliphatic heterocycles. The molecule has 0 fully saturated rings. The van der Waals surface area contributed by atoms with Crippen LogP contribution >= 0.6 is 11.6 Å². The summed E-state index contributed by atoms with van der Waals surface area (Å²) in [4.78, 5) is 4.50. The van der Waals surface area contributed by atoms with E-state index in [1.54, 1.807) is 0 Å². The lowest BCUT2D eigenvalue weighted by molar-refractivity contribution is 0.835. The highest BCUT2D eigenvalue weighted by Crippen LogP contribution is 2.23. The van der Waals surface area contributed by atoms with Gasteiger partial charge in [-0.1, -0.05) is 11.6 Å². The molecule has 16 heavy (non-hydrogen) atoms. The maximum Gasteiger partial charge on any atom is 0.0708 e. The van der Waals surface area contributed by atoms with Gasteiger partial charge in [-0.15, -0.1) is 0 Å². The topological polar surface area (TPSA) is 38.9 Å². The van der Waals surface area contributed by atoms with Crippen molar-refractivity contribution < 1.29 is 0 Å². The van der Waals surface area contributed by atoms with Crippen LogP contribution in [0.3, 0.4) is 0 Å². The van der Waals surface area contributed by atoms with Crippen LogP contribution in [0, 0.1) is 6.92 Å². The third-order valence-electron chi connectivity index (χ3n) is 2.63. The highest BCUT2D eigenvalue weighted by molar-refractivity contribution is 6.31. The van der Waals surface area contributed by atoms with Gasteiger partial charge in [-0.3, -0.25) is 4.98 Å². The largest absolute Gasteiger partial charge is 0.330 e. The number of rotatable bonds is 3. The Bertz CT molecular complexity index is 509. The van der Waals surface area contributed by atoms with Crippen molar-refractivity contribution in [2.75, 3.05) is 6.54 Å². The second-order valence-electron chi connectivity index (χ2n) is 3.98. The highest BCUT2D eigenvalue weighted by atomic mass is 35.5. The minimum Gasteiger partial charge on any atom is -0.330 e. The van der Waals surface area contributed by atoms with Crippen LogP contribution in [0.1, 0.15) is 17.7 Å². The van der Waals surface area contributed by atoms with E-state index in [2.05, 4.69) is 11.1 Å². The molecule has 0 unspecified atom stereocenters. The zero-order valence-corrected chi connectivity index (χ0v) is 10.1. The van der Waals surface area contributed by atoms with Crippen molar-refractivity contribution in [3.05, 3.63) is 40.5 Å². The maximum absolute atomic E-state index is 6.01. The van der Waals surface area contributed by atoms with Gasteiger partial charge in [0.25, 0.3) is 0 Å². The molecule has 0 bridgehead atoms. The molecule has 0 saturated carbocycles. The Morgan fingerprint density at radius 1 is 1.31 bits per heavy atom. The number of hydrogen-bond acceptors (Lipinski definition) is 2. The first-order valence-electron chi connectivity index (χ1n) is 5.46. The first kappa shape index (κ1) is 11.4. The lowest BCUT2D eigenvalue weighted by Crippen LogP contribution is -2.01. The van der Waals surface area contributed by atoms with Gasteiger partial charge in [-0.2, -0.15) is 0 Å². The molecule has 0 spiro atoms. The second kappa shape index (κ2) is 4.81. The SMILES string of the molecule is Cc1cc(CCCN)c2cc(Cl)ccc2n1. The van der Waals surface area contributed by atoms with E-state index in [0.29, 0.717) is 6.54 Å². The predicted molar refractivity (Wildman–Crippen MR) is 68.9 cm³/mol. The van der Waals surface area contributed by atoms with Crippen molar-refractivity contribution in [2.24, 2.45) is 5.73 Å². The van der Waals surface area contributed by atoms with E-state index in [1.807, 2.05) is 25.1 Å². The van der Waals surface area contributed by atoms with Crippen molar-refractivity contribution in [3.63, 3.8) is 0 Å². The molecule has 1 aromatic carbocycles. The monoisotopic (exact) mass is 234 g/mol. The number of pyridine rings is 1. The van der Waals surface area contributed by atoms with Gasteiger partial charge in [0.1, 0.15) is 0 Å². The van der Waals surface area contributed by atoms with Crippen molar-refractivity contribution in [2.45, 2.75) is 19.8 Å². The van der Waals surface area contributed by atoms with Gasteiger partial charge < -0.3 is 5.73 Å². The molecule has 2 N–H and O–H groups in total. The van der Waals surface area contributed by atoms with Crippen LogP contribution < -0.4 is 5.73 Å². The standard InChI is InChI=1S/C13H15ClN2/c1-9-7-10(3-2-6-15)12-8-11(14)4-5-13(12)16-9/h4-5,7-8H,2-3,6,15H2,1H3. The fourth-order valence-corrected chi connectivity index (χ4v) is 2.09. The normalized spacial score (nSPS) is 10.9. The van der Waals surface area contributed by atoms with Gasteiger partial charge in [0, 0.05) is 16.1 Å². The molecular weight excluding hydrogens is 220 g/mol. The molecule has 0 aliphatic rings. The number of aryl methyl sites for hydroxylation is 2. The minimum atomic E-state index is 0.712. The first-order chi connectivity index (χ1) is 7.70. The van der Waals surface area contributed by atoms with Crippen LogP contribution in [0.4, 0.5) is 0 Å². The van der Waals surface area contributed by atoms with Crippen LogP contribution in [-0.2, 0) is 6.42 Å². The Balaban J connectivity index is 2.55. The predicted octanol–water partition coefficient (Wildman–Crippen LogP) is 3.09. The highest BCUT2D eigenvalue weighted by Gasteiger charge is 2.04. The van der Waals surface area contributed by atoms with E-state index < -0.39 is 0 Å². The number of halogens is 1. The van der Waals surface area contributed by atoms with E-state index in [9.17, 15) is 0 Å². The molecule has 2 nitrogen and oxygen atoms in total. The zero-order chi connectivity index (χ0) is 11.5. The summed E-state index contributed by atoms with van der Waals surface area (Å²) in [5, 5.41) is 1.90. The molecular formula is C13H15ClN2. The maximum atomic E-state index is 6.01. The molecule has 0 atom stereocenters. The number of nitrogens with zero attached hydrogens (tertiary/aromatic N) is 1. The van der Waals surface area contributed by atoms with Crippen LogP contribution in [0.2, 0.25) is 5.02 Å². The van der Waals surface area contributed by atoms with E-state index in [4.69, 9.17) is 17.3 Å². The average Bonchev–Trinajstić information content (AvgIpc) is 2.26. The molecule has 0 amide bonds. The lowest BCUT2D eigenvalue weighted by atomic mass is 10.0. The molecule has 3 heteroatoms. The molecule has 84 valence electrons. The molecule has 2 aromatic rings. The van der Waals surface area contributed by atoms with Crippen molar-refractivity contribution >= 4 is 22.5 Å². The van der Waals surface area contributed by atoms with Gasteiger partial charge in [-0.25, -0.2) is 0 Å². The number of hydrogen-bond donors (Lipinski definition) is 1. The fourth-order valence-electron chi connectivity index (χ4n) is 1.91. The van der Waals surface area contributed by atoms with E-state index in [0.717, 1.165) is 34.5 Å². The van der Waals surface area contributed by atoms with Gasteiger partial charge in [0.15, 0.2) is 0 Å². The number of nitrogens with two attached hydrogens (primary N) is 1. The van der Waals surface area contributed by atoms with Crippen LogP contribution in [0.5, 0.6) is 0 Å². The average molecular weight is 235 g/mol. The first-order valence-corrected chi connectivity index (χ1v) is 5.84. The van der Waals surface area contributed by atoms with Gasteiger partial charge in [-0.05, 0) is 56.1 Å². The summed E-state index contributed by atoms with van der Waals surface area (Å²) in [6, 6.07) is 7.95. The Morgan fingerprint density at radius 3 is 2.88 bits per heavy atom. The quantitative estimate of drug-likeness (QED) is 0.887. The number of benzene rings is 1. The third kappa shape index (κ3) is 2.34. The summed E-state index contributed by atoms with van der Waals surface area (Å²) in [5.74, 6) is 0. The van der Waals surface area contributed by atoms with Gasteiger partial charge >= 0.3 is 0 Å². The zero-order valence-electron chi connectivity index (χ0n) is 9.33. The summed E-state index contributed by atoms with van der Waals surface area (Å²) in [6.07, 6.45) is 1.97. The van der Waals surface area contributed by atoms with E-state index in [1.165, 1.54) is 5.56 Å². The van der Waals surface area contributed by atoms with Crippen LogP contribution in [0.15, 0.2) is 24.3 Å². The van der Waals surface area contributed by atoms with E-state index in [-0.39, 0.29) is 0 Å². The molecule has 1 aromatic heterocycles. The molecule has 0 radical (unpaired) electrons. The summed E-state index contributed by atoms with van der Waals surface area (Å²) in [6.45, 7) is 2.73. The van der Waals surface area contributed by atoms with Gasteiger partial charge in [0.05, 0.1) is 5.52 Å². The van der Waals surface area contributed by atoms with Gasteiger partial charge in [0.2, 0.25) is 0 Å². The van der Waals surface area contributed by atoms with Crippen LogP contribution in [0.25, 0.3) is 10.9 Å². The number of aromatic nitrogens is 1. The third-order valence-corrected chi connectivity index (χ3v) is 2.87. The Hall–Kier alpha value is -1.12. The fraction of sp³-hybridized carbons (Fsp3) is 0.308. The Morgan fingerprint density at radius 2 is 2.12 bits per heavy atom. The lowest BCUT2D eigenvalue weighted by Gasteiger charge is -2.07. The summed E-state index contributed by atoms with van der Waals surface area (Å²) in [7, 11) is 0. The summed E-state index contributed by atoms with van der Waals surface area (Å²) in [5.41, 5.74) is 8.89.